The van der Waals surface area contributed by atoms with Crippen molar-refractivity contribution >= 4 is 23.3 Å². The van der Waals surface area contributed by atoms with Gasteiger partial charge < -0.3 is 0 Å². The number of pyridine rings is 2. The summed E-state index contributed by atoms with van der Waals surface area (Å²) in [7, 11) is 0. The van der Waals surface area contributed by atoms with Crippen LogP contribution < -0.4 is 0 Å². The zero-order valence-corrected chi connectivity index (χ0v) is 26.6. The molecule has 0 fully saturated rings. The minimum Gasteiger partial charge on any atom is -0.265 e. The summed E-state index contributed by atoms with van der Waals surface area (Å²) in [6.07, 6.45) is 22.6. The second-order valence-electron chi connectivity index (χ2n) is 12.1. The summed E-state index contributed by atoms with van der Waals surface area (Å²) in [6.45, 7) is 4.52. The highest BCUT2D eigenvalue weighted by atomic mass is 14.6. The van der Waals surface area contributed by atoms with Gasteiger partial charge in [-0.05, 0) is 106 Å². The van der Waals surface area contributed by atoms with Crippen LogP contribution in [0.1, 0.15) is 111 Å². The molecule has 0 amide bonds. The second-order valence-corrected chi connectivity index (χ2v) is 12.1. The first-order valence-electron chi connectivity index (χ1n) is 16.5. The van der Waals surface area contributed by atoms with Gasteiger partial charge in [0.05, 0.1) is 23.3 Å². The average Bonchev–Trinajstić information content (AvgIpc) is 3.35. The molecule has 226 valence electrons. The molecule has 1 aliphatic rings. The van der Waals surface area contributed by atoms with Crippen LogP contribution >= 0.6 is 0 Å². The van der Waals surface area contributed by atoms with Gasteiger partial charge in [-0.3, -0.25) is 9.97 Å². The molecule has 0 saturated heterocycles. The summed E-state index contributed by atoms with van der Waals surface area (Å²) < 4.78 is 0. The van der Waals surface area contributed by atoms with Crippen molar-refractivity contribution in [3.05, 3.63) is 119 Å². The summed E-state index contributed by atoms with van der Waals surface area (Å²) in [5.74, 6) is 0. The van der Waals surface area contributed by atoms with Crippen LogP contribution in [0.3, 0.4) is 0 Å². The first kappa shape index (κ1) is 31.6. The van der Waals surface area contributed by atoms with Crippen molar-refractivity contribution in [2.75, 3.05) is 0 Å². The molecule has 0 aliphatic heterocycles. The van der Waals surface area contributed by atoms with Gasteiger partial charge in [0, 0.05) is 30.2 Å². The standard InChI is InChI=1S/C41H42N4/c1-3-5-7-9-19-41(20-10-8-6-4-2)39-27-33(35(29-42)25-31-15-21-44-22-16-31)11-13-37(39)38-14-12-34(28-40(38)41)36(30-43)26-32-17-23-45-24-18-32/h11-18,21-28H,3-10,19-20H2,1-2H3/b35-25+,36-26+. The van der Waals surface area contributed by atoms with Crippen molar-refractivity contribution in [1.82, 2.24) is 9.97 Å². The summed E-state index contributed by atoms with van der Waals surface area (Å²) in [5, 5.41) is 20.5. The Morgan fingerprint density at radius 3 is 1.40 bits per heavy atom. The molecule has 4 nitrogen and oxygen atoms in total. The normalized spacial score (nSPS) is 13.5. The zero-order valence-electron chi connectivity index (χ0n) is 26.6. The molecule has 4 aromatic rings. The molecule has 0 unspecified atom stereocenters. The highest BCUT2D eigenvalue weighted by Crippen LogP contribution is 2.55. The zero-order chi connectivity index (χ0) is 31.5. The predicted molar refractivity (Wildman–Crippen MR) is 186 cm³/mol. The summed E-state index contributed by atoms with van der Waals surface area (Å²) in [5.41, 5.74) is 10.1. The van der Waals surface area contributed by atoms with Crippen LogP contribution in [0.5, 0.6) is 0 Å². The first-order valence-corrected chi connectivity index (χ1v) is 16.5. The third kappa shape index (κ3) is 7.13. The molecule has 45 heavy (non-hydrogen) atoms. The Hall–Kier alpha value is -4.80. The van der Waals surface area contributed by atoms with E-state index in [9.17, 15) is 10.5 Å². The Bertz CT molecular complexity index is 1610. The number of benzene rings is 2. The highest BCUT2D eigenvalue weighted by Gasteiger charge is 2.42. The van der Waals surface area contributed by atoms with Crippen molar-refractivity contribution in [3.8, 4) is 23.3 Å². The molecule has 2 aromatic heterocycles. The summed E-state index contributed by atoms with van der Waals surface area (Å²) >= 11 is 0. The first-order chi connectivity index (χ1) is 22.1. The molecule has 2 aromatic carbocycles. The van der Waals surface area contributed by atoms with Crippen molar-refractivity contribution < 1.29 is 0 Å². The van der Waals surface area contributed by atoms with Crippen molar-refractivity contribution in [2.45, 2.75) is 83.5 Å². The molecule has 0 N–H and O–H groups in total. The Kier molecular flexibility index (Phi) is 10.7. The fourth-order valence-electron chi connectivity index (χ4n) is 6.81. The van der Waals surface area contributed by atoms with Gasteiger partial charge in [-0.25, -0.2) is 0 Å². The van der Waals surface area contributed by atoms with E-state index in [1.165, 1.54) is 60.8 Å². The Morgan fingerprint density at radius 2 is 1.02 bits per heavy atom. The van der Waals surface area contributed by atoms with E-state index in [0.717, 1.165) is 47.9 Å². The van der Waals surface area contributed by atoms with Gasteiger partial charge in [0.2, 0.25) is 0 Å². The number of hydrogen-bond acceptors (Lipinski definition) is 4. The van der Waals surface area contributed by atoms with E-state index in [2.05, 4.69) is 72.4 Å². The maximum atomic E-state index is 10.3. The monoisotopic (exact) mass is 590 g/mol. The number of nitrogens with zero attached hydrogens (tertiary/aromatic N) is 4. The lowest BCUT2D eigenvalue weighted by molar-refractivity contribution is 0.401. The Morgan fingerprint density at radius 1 is 0.600 bits per heavy atom. The van der Waals surface area contributed by atoms with Gasteiger partial charge in [0.1, 0.15) is 0 Å². The van der Waals surface area contributed by atoms with Gasteiger partial charge >= 0.3 is 0 Å². The van der Waals surface area contributed by atoms with Gasteiger partial charge in [-0.15, -0.1) is 0 Å². The maximum Gasteiger partial charge on any atom is 0.0998 e. The topological polar surface area (TPSA) is 73.4 Å². The SMILES string of the molecule is CCCCCCC1(CCCCCC)c2cc(/C(C#N)=C/c3ccncc3)ccc2-c2ccc(/C(C#N)=C/c3ccncc3)cc21. The lowest BCUT2D eigenvalue weighted by Gasteiger charge is -2.33. The van der Waals surface area contributed by atoms with Gasteiger partial charge in [0.15, 0.2) is 0 Å². The maximum absolute atomic E-state index is 10.3. The van der Waals surface area contributed by atoms with Crippen LogP contribution in [-0.2, 0) is 5.41 Å². The van der Waals surface area contributed by atoms with Crippen LogP contribution in [0, 0.1) is 22.7 Å². The molecule has 0 atom stereocenters. The molecular formula is C41H42N4. The van der Waals surface area contributed by atoms with Crippen molar-refractivity contribution in [2.24, 2.45) is 0 Å². The largest absolute Gasteiger partial charge is 0.265 e. The van der Waals surface area contributed by atoms with E-state index >= 15 is 0 Å². The number of unbranched alkanes of at least 4 members (excludes halogenated alkanes) is 6. The van der Waals surface area contributed by atoms with E-state index in [4.69, 9.17) is 0 Å². The molecule has 0 spiro atoms. The van der Waals surface area contributed by atoms with Gasteiger partial charge in [-0.1, -0.05) is 89.5 Å². The Balaban J connectivity index is 1.66. The van der Waals surface area contributed by atoms with Crippen LogP contribution in [0.4, 0.5) is 0 Å². The fraction of sp³-hybridized carbons (Fsp3) is 0.317. The quantitative estimate of drug-likeness (QED) is 0.108. The van der Waals surface area contributed by atoms with Gasteiger partial charge in [-0.2, -0.15) is 10.5 Å². The number of fused-ring (bicyclic) bond motifs is 3. The molecule has 0 radical (unpaired) electrons. The number of allylic oxidation sites excluding steroid dienone is 2. The third-order valence-corrected chi connectivity index (χ3v) is 9.17. The second kappa shape index (κ2) is 15.3. The molecule has 2 heterocycles. The molecule has 5 rings (SSSR count). The van der Waals surface area contributed by atoms with Crippen LogP contribution in [0.15, 0.2) is 85.5 Å². The number of hydrogen-bond donors (Lipinski definition) is 0. The predicted octanol–water partition coefficient (Wildman–Crippen LogP) is 10.8. The van der Waals surface area contributed by atoms with Crippen molar-refractivity contribution in [3.63, 3.8) is 0 Å². The van der Waals surface area contributed by atoms with E-state index in [1.54, 1.807) is 24.8 Å². The highest BCUT2D eigenvalue weighted by molar-refractivity contribution is 5.94. The Labute approximate surface area is 268 Å². The number of rotatable bonds is 14. The van der Waals surface area contributed by atoms with Crippen LogP contribution in [0.2, 0.25) is 0 Å². The lowest BCUT2D eigenvalue weighted by Crippen LogP contribution is -2.26. The van der Waals surface area contributed by atoms with E-state index < -0.39 is 0 Å². The third-order valence-electron chi connectivity index (χ3n) is 9.17. The summed E-state index contributed by atoms with van der Waals surface area (Å²) in [4.78, 5) is 8.27. The smallest absolute Gasteiger partial charge is 0.0998 e. The minimum atomic E-state index is -0.174. The average molecular weight is 591 g/mol. The van der Waals surface area contributed by atoms with Gasteiger partial charge in [0.25, 0.3) is 0 Å². The van der Waals surface area contributed by atoms with Crippen molar-refractivity contribution in [1.29, 1.82) is 10.5 Å². The number of nitriles is 2. The molecular weight excluding hydrogens is 548 g/mol. The molecule has 1 aliphatic carbocycles. The van der Waals surface area contributed by atoms with E-state index in [-0.39, 0.29) is 5.41 Å². The molecule has 0 saturated carbocycles. The summed E-state index contributed by atoms with van der Waals surface area (Å²) in [6, 6.07) is 25.9. The minimum absolute atomic E-state index is 0.174. The van der Waals surface area contributed by atoms with E-state index in [0.29, 0.717) is 11.1 Å². The fourth-order valence-corrected chi connectivity index (χ4v) is 6.81. The lowest BCUT2D eigenvalue weighted by atomic mass is 9.70. The van der Waals surface area contributed by atoms with Crippen LogP contribution in [-0.4, -0.2) is 9.97 Å². The molecule has 0 bridgehead atoms. The van der Waals surface area contributed by atoms with Crippen LogP contribution in [0.25, 0.3) is 34.4 Å². The van der Waals surface area contributed by atoms with E-state index in [1.807, 2.05) is 36.4 Å². The number of aromatic nitrogens is 2. The molecule has 4 heteroatoms.